The van der Waals surface area contributed by atoms with Gasteiger partial charge in [-0.15, -0.1) is 0 Å². The smallest absolute Gasteiger partial charge is 0.324 e. The second-order valence-electron chi connectivity index (χ2n) is 6.95. The van der Waals surface area contributed by atoms with E-state index in [1.807, 2.05) is 60.7 Å². The highest BCUT2D eigenvalue weighted by atomic mass is 16.2. The first-order chi connectivity index (χ1) is 13.1. The third kappa shape index (κ3) is 3.43. The molecule has 2 fully saturated rings. The van der Waals surface area contributed by atoms with Gasteiger partial charge in [-0.2, -0.15) is 0 Å². The van der Waals surface area contributed by atoms with Crippen LogP contribution in [0.4, 0.5) is 4.79 Å². The average molecular weight is 363 g/mol. The number of rotatable bonds is 5. The van der Waals surface area contributed by atoms with Gasteiger partial charge in [-0.1, -0.05) is 60.7 Å². The molecule has 0 radical (unpaired) electrons. The van der Waals surface area contributed by atoms with Crippen LogP contribution in [0.5, 0.6) is 0 Å². The summed E-state index contributed by atoms with van der Waals surface area (Å²) in [5.74, 6) is -0.199. The third-order valence-electron chi connectivity index (χ3n) is 5.24. The lowest BCUT2D eigenvalue weighted by molar-refractivity contribution is -0.142. The van der Waals surface area contributed by atoms with Gasteiger partial charge in [0.1, 0.15) is 0 Å². The molecule has 2 heterocycles. The molecular formula is C21H21N3O3. The third-order valence-corrected chi connectivity index (χ3v) is 5.24. The normalized spacial score (nSPS) is 17.2. The summed E-state index contributed by atoms with van der Waals surface area (Å²) in [7, 11) is 0. The first-order valence-corrected chi connectivity index (χ1v) is 9.11. The van der Waals surface area contributed by atoms with Crippen molar-refractivity contribution in [3.63, 3.8) is 0 Å². The van der Waals surface area contributed by atoms with Gasteiger partial charge in [-0.05, 0) is 11.1 Å². The van der Waals surface area contributed by atoms with E-state index in [9.17, 15) is 14.4 Å². The molecule has 0 bridgehead atoms. The van der Waals surface area contributed by atoms with Gasteiger partial charge in [0, 0.05) is 25.4 Å². The standard InChI is InChI=1S/C21H21N3O3/c25-19(23-13-17(14-23)24-20(26)12-22-21(24)27)11-18(15-7-3-1-4-8-15)16-9-5-2-6-10-16/h1-10,17-18H,11-14H2,(H,22,27). The van der Waals surface area contributed by atoms with Gasteiger partial charge in [0.2, 0.25) is 11.8 Å². The fourth-order valence-electron chi connectivity index (χ4n) is 3.73. The van der Waals surface area contributed by atoms with Crippen LogP contribution in [0.3, 0.4) is 0 Å². The summed E-state index contributed by atoms with van der Waals surface area (Å²) in [5.41, 5.74) is 2.20. The lowest BCUT2D eigenvalue weighted by Crippen LogP contribution is -2.62. The fourth-order valence-corrected chi connectivity index (χ4v) is 3.73. The van der Waals surface area contributed by atoms with E-state index in [0.717, 1.165) is 11.1 Å². The number of carbonyl (C=O) groups excluding carboxylic acids is 3. The Hall–Kier alpha value is -3.15. The maximum Gasteiger partial charge on any atom is 0.324 e. The first-order valence-electron chi connectivity index (χ1n) is 9.11. The van der Waals surface area contributed by atoms with Crippen LogP contribution in [-0.4, -0.2) is 53.3 Å². The molecule has 4 rings (SSSR count). The van der Waals surface area contributed by atoms with Crippen molar-refractivity contribution >= 4 is 17.8 Å². The lowest BCUT2D eigenvalue weighted by atomic mass is 9.87. The first kappa shape index (κ1) is 17.3. The van der Waals surface area contributed by atoms with Crippen molar-refractivity contribution in [1.29, 1.82) is 0 Å². The number of urea groups is 1. The molecule has 0 saturated carbocycles. The van der Waals surface area contributed by atoms with Crippen molar-refractivity contribution in [2.45, 2.75) is 18.4 Å². The second-order valence-corrected chi connectivity index (χ2v) is 6.95. The molecule has 0 unspecified atom stereocenters. The number of nitrogens with zero attached hydrogens (tertiary/aromatic N) is 2. The van der Waals surface area contributed by atoms with Gasteiger partial charge in [-0.25, -0.2) is 4.79 Å². The Morgan fingerprint density at radius 1 is 0.963 bits per heavy atom. The number of amides is 4. The minimum Gasteiger partial charge on any atom is -0.338 e. The molecule has 6 heteroatoms. The summed E-state index contributed by atoms with van der Waals surface area (Å²) in [6.45, 7) is 0.871. The minimum atomic E-state index is -0.358. The molecule has 0 aromatic heterocycles. The highest BCUT2D eigenvalue weighted by molar-refractivity contribution is 6.02. The van der Waals surface area contributed by atoms with E-state index in [4.69, 9.17) is 0 Å². The van der Waals surface area contributed by atoms with Gasteiger partial charge in [0.05, 0.1) is 12.6 Å². The van der Waals surface area contributed by atoms with Crippen LogP contribution in [0, 0.1) is 0 Å². The number of carbonyl (C=O) groups is 3. The van der Waals surface area contributed by atoms with Crippen molar-refractivity contribution in [2.75, 3.05) is 19.6 Å². The summed E-state index contributed by atoms with van der Waals surface area (Å²) < 4.78 is 0. The number of benzene rings is 2. The quantitative estimate of drug-likeness (QED) is 0.826. The largest absolute Gasteiger partial charge is 0.338 e. The van der Waals surface area contributed by atoms with E-state index >= 15 is 0 Å². The van der Waals surface area contributed by atoms with E-state index in [2.05, 4.69) is 5.32 Å². The predicted octanol–water partition coefficient (Wildman–Crippen LogP) is 1.97. The summed E-state index contributed by atoms with van der Waals surface area (Å²) in [6.07, 6.45) is 0.362. The summed E-state index contributed by atoms with van der Waals surface area (Å²) in [5, 5.41) is 2.52. The Labute approximate surface area is 157 Å². The van der Waals surface area contributed by atoms with Crippen molar-refractivity contribution in [3.05, 3.63) is 71.8 Å². The number of nitrogens with one attached hydrogen (secondary N) is 1. The van der Waals surface area contributed by atoms with Gasteiger partial charge >= 0.3 is 6.03 Å². The molecule has 0 spiro atoms. The maximum atomic E-state index is 12.8. The lowest BCUT2D eigenvalue weighted by Gasteiger charge is -2.43. The van der Waals surface area contributed by atoms with E-state index in [0.29, 0.717) is 19.5 Å². The zero-order valence-electron chi connectivity index (χ0n) is 14.9. The molecule has 0 atom stereocenters. The van der Waals surface area contributed by atoms with Gasteiger partial charge in [0.25, 0.3) is 0 Å². The topological polar surface area (TPSA) is 69.7 Å². The van der Waals surface area contributed by atoms with Crippen molar-refractivity contribution in [1.82, 2.24) is 15.1 Å². The van der Waals surface area contributed by atoms with Gasteiger partial charge in [-0.3, -0.25) is 14.5 Å². The van der Waals surface area contributed by atoms with Crippen LogP contribution in [0.25, 0.3) is 0 Å². The predicted molar refractivity (Wildman–Crippen MR) is 100.0 cm³/mol. The number of hydrogen-bond acceptors (Lipinski definition) is 3. The Kier molecular flexibility index (Phi) is 4.62. The Morgan fingerprint density at radius 3 is 2.00 bits per heavy atom. The molecule has 6 nitrogen and oxygen atoms in total. The highest BCUT2D eigenvalue weighted by Crippen LogP contribution is 2.30. The second kappa shape index (κ2) is 7.23. The SMILES string of the molecule is O=C(CC(c1ccccc1)c1ccccc1)N1CC(N2C(=O)CNC2=O)C1. The Balaban J connectivity index is 1.44. The van der Waals surface area contributed by atoms with Crippen LogP contribution in [0.2, 0.25) is 0 Å². The highest BCUT2D eigenvalue weighted by Gasteiger charge is 2.43. The molecule has 138 valence electrons. The summed E-state index contributed by atoms with van der Waals surface area (Å²) >= 11 is 0. The summed E-state index contributed by atoms with van der Waals surface area (Å²) in [6, 6.07) is 19.4. The number of likely N-dealkylation sites (tertiary alicyclic amines) is 1. The molecule has 2 saturated heterocycles. The molecule has 1 N–H and O–H groups in total. The minimum absolute atomic E-state index is 0.0179. The van der Waals surface area contributed by atoms with Crippen LogP contribution < -0.4 is 5.32 Å². The monoisotopic (exact) mass is 363 g/mol. The molecule has 2 aliphatic rings. The van der Waals surface area contributed by atoms with Crippen LogP contribution >= 0.6 is 0 Å². The number of hydrogen-bond donors (Lipinski definition) is 1. The van der Waals surface area contributed by atoms with E-state index in [-0.39, 0.29) is 36.3 Å². The van der Waals surface area contributed by atoms with Crippen molar-refractivity contribution in [2.24, 2.45) is 0 Å². The summed E-state index contributed by atoms with van der Waals surface area (Å²) in [4.78, 5) is 39.3. The van der Waals surface area contributed by atoms with Gasteiger partial charge < -0.3 is 10.2 Å². The van der Waals surface area contributed by atoms with Crippen molar-refractivity contribution < 1.29 is 14.4 Å². The van der Waals surface area contributed by atoms with Crippen molar-refractivity contribution in [3.8, 4) is 0 Å². The fraction of sp³-hybridized carbons (Fsp3) is 0.286. The average Bonchev–Trinajstić information content (AvgIpc) is 2.99. The molecular weight excluding hydrogens is 342 g/mol. The zero-order valence-corrected chi connectivity index (χ0v) is 14.9. The molecule has 2 aliphatic heterocycles. The van der Waals surface area contributed by atoms with Crippen LogP contribution in [0.1, 0.15) is 23.5 Å². The molecule has 27 heavy (non-hydrogen) atoms. The molecule has 2 aromatic carbocycles. The van der Waals surface area contributed by atoms with Crippen LogP contribution in [-0.2, 0) is 9.59 Å². The van der Waals surface area contributed by atoms with Gasteiger partial charge in [0.15, 0.2) is 0 Å². The zero-order chi connectivity index (χ0) is 18.8. The van der Waals surface area contributed by atoms with Crippen LogP contribution in [0.15, 0.2) is 60.7 Å². The molecule has 0 aliphatic carbocycles. The van der Waals surface area contributed by atoms with E-state index < -0.39 is 0 Å². The Morgan fingerprint density at radius 2 is 1.52 bits per heavy atom. The van der Waals surface area contributed by atoms with E-state index in [1.165, 1.54) is 4.90 Å². The number of imide groups is 1. The Bertz CT molecular complexity index is 792. The molecule has 4 amide bonds. The maximum absolute atomic E-state index is 12.8. The van der Waals surface area contributed by atoms with E-state index in [1.54, 1.807) is 4.90 Å². The molecule has 2 aromatic rings.